The van der Waals surface area contributed by atoms with Crippen molar-refractivity contribution in [2.75, 3.05) is 0 Å². The van der Waals surface area contributed by atoms with Crippen molar-refractivity contribution in [2.24, 2.45) is 0 Å². The van der Waals surface area contributed by atoms with Crippen LogP contribution in [0.15, 0.2) is 41.6 Å². The second kappa shape index (κ2) is 3.02. The van der Waals surface area contributed by atoms with Gasteiger partial charge in [0.05, 0.1) is 0 Å². The smallest absolute Gasteiger partial charge is 0.242 e. The molecule has 0 fully saturated rings. The van der Waals surface area contributed by atoms with Crippen molar-refractivity contribution < 1.29 is 12.3 Å². The molecule has 72 valence electrons. The fourth-order valence-corrected chi connectivity index (χ4v) is 1.92. The van der Waals surface area contributed by atoms with Gasteiger partial charge in [0.25, 0.3) is 0 Å². The van der Waals surface area contributed by atoms with Crippen molar-refractivity contribution in [1.29, 1.82) is 0 Å². The molecule has 1 aromatic carbocycles. The molecule has 5 heteroatoms. The number of halogens is 1. The number of rotatable bonds is 1. The summed E-state index contributed by atoms with van der Waals surface area (Å²) in [5, 5.41) is 0.437. The van der Waals surface area contributed by atoms with Crippen molar-refractivity contribution in [3.05, 3.63) is 36.5 Å². The third-order valence-electron chi connectivity index (χ3n) is 1.87. The van der Waals surface area contributed by atoms with Crippen LogP contribution < -0.4 is 0 Å². The van der Waals surface area contributed by atoms with E-state index in [2.05, 4.69) is 4.98 Å². The highest BCUT2D eigenvalue weighted by Gasteiger charge is 2.16. The van der Waals surface area contributed by atoms with E-state index in [0.29, 0.717) is 10.8 Å². The molecule has 0 N–H and O–H groups in total. The standard InChI is InChI=1S/C9H6FNO2S/c10-14(12,13)9-8-4-2-1-3-7(8)5-6-11-9/h1-6H. The van der Waals surface area contributed by atoms with Crippen LogP contribution in [-0.2, 0) is 10.2 Å². The van der Waals surface area contributed by atoms with Gasteiger partial charge in [-0.2, -0.15) is 8.42 Å². The molecule has 0 bridgehead atoms. The molecule has 0 saturated carbocycles. The molecule has 1 aromatic heterocycles. The van der Waals surface area contributed by atoms with Crippen molar-refractivity contribution in [3.63, 3.8) is 0 Å². The maximum Gasteiger partial charge on any atom is 0.350 e. The van der Waals surface area contributed by atoms with E-state index in [1.807, 2.05) is 0 Å². The molecule has 0 aliphatic heterocycles. The number of pyridine rings is 1. The Morgan fingerprint density at radius 1 is 1.14 bits per heavy atom. The van der Waals surface area contributed by atoms with Crippen molar-refractivity contribution >= 4 is 21.0 Å². The van der Waals surface area contributed by atoms with E-state index in [1.54, 1.807) is 24.3 Å². The molecule has 0 radical (unpaired) electrons. The Balaban J connectivity index is 2.92. The minimum absolute atomic E-state index is 0.303. The van der Waals surface area contributed by atoms with Gasteiger partial charge in [0.15, 0.2) is 5.03 Å². The molecule has 3 nitrogen and oxygen atoms in total. The van der Waals surface area contributed by atoms with Crippen LogP contribution in [0.5, 0.6) is 0 Å². The lowest BCUT2D eigenvalue weighted by Crippen LogP contribution is -1.96. The topological polar surface area (TPSA) is 47.0 Å². The summed E-state index contributed by atoms with van der Waals surface area (Å²) in [7, 11) is -4.74. The molecule has 0 unspecified atom stereocenters. The number of aromatic nitrogens is 1. The normalized spacial score (nSPS) is 11.8. The van der Waals surface area contributed by atoms with Gasteiger partial charge in [-0.15, -0.1) is 0 Å². The van der Waals surface area contributed by atoms with Gasteiger partial charge in [-0.25, -0.2) is 4.98 Å². The monoisotopic (exact) mass is 211 g/mol. The van der Waals surface area contributed by atoms with E-state index in [4.69, 9.17) is 0 Å². The van der Waals surface area contributed by atoms with Crippen LogP contribution in [0.2, 0.25) is 0 Å². The molecule has 14 heavy (non-hydrogen) atoms. The Hall–Kier alpha value is -1.49. The fraction of sp³-hybridized carbons (Fsp3) is 0. The number of hydrogen-bond acceptors (Lipinski definition) is 3. The molecule has 0 spiro atoms. The Morgan fingerprint density at radius 2 is 1.86 bits per heavy atom. The largest absolute Gasteiger partial charge is 0.350 e. The summed E-state index contributed by atoms with van der Waals surface area (Å²) in [4.78, 5) is 3.52. The zero-order chi connectivity index (χ0) is 10.2. The van der Waals surface area contributed by atoms with Crippen LogP contribution in [0.25, 0.3) is 10.8 Å². The van der Waals surface area contributed by atoms with Gasteiger partial charge in [-0.05, 0) is 11.5 Å². The first kappa shape index (κ1) is 9.08. The van der Waals surface area contributed by atoms with Crippen molar-refractivity contribution in [2.45, 2.75) is 5.03 Å². The molecule has 0 saturated heterocycles. The second-order valence-electron chi connectivity index (χ2n) is 2.78. The molecule has 2 aromatic rings. The minimum Gasteiger partial charge on any atom is -0.242 e. The summed E-state index contributed by atoms with van der Waals surface area (Å²) >= 11 is 0. The molecule has 0 atom stereocenters. The Kier molecular flexibility index (Phi) is 1.96. The van der Waals surface area contributed by atoms with E-state index in [9.17, 15) is 12.3 Å². The molecular formula is C9H6FNO2S. The van der Waals surface area contributed by atoms with Gasteiger partial charge in [-0.3, -0.25) is 0 Å². The molecule has 1 heterocycles. The van der Waals surface area contributed by atoms with Crippen LogP contribution in [0, 0.1) is 0 Å². The first-order valence-electron chi connectivity index (χ1n) is 3.87. The van der Waals surface area contributed by atoms with Gasteiger partial charge in [-0.1, -0.05) is 28.2 Å². The van der Waals surface area contributed by atoms with Crippen LogP contribution in [-0.4, -0.2) is 13.4 Å². The lowest BCUT2D eigenvalue weighted by atomic mass is 10.2. The van der Waals surface area contributed by atoms with Crippen LogP contribution in [0.4, 0.5) is 3.89 Å². The van der Waals surface area contributed by atoms with Crippen LogP contribution in [0.1, 0.15) is 0 Å². The first-order valence-corrected chi connectivity index (χ1v) is 5.26. The molecule has 0 amide bonds. The lowest BCUT2D eigenvalue weighted by molar-refractivity contribution is 0.549. The summed E-state index contributed by atoms with van der Waals surface area (Å²) in [6.07, 6.45) is 1.27. The van der Waals surface area contributed by atoms with Gasteiger partial charge in [0, 0.05) is 11.6 Å². The predicted molar refractivity (Wildman–Crippen MR) is 50.0 cm³/mol. The average Bonchev–Trinajstić information content (AvgIpc) is 2.15. The highest BCUT2D eigenvalue weighted by molar-refractivity contribution is 7.86. The number of nitrogens with zero attached hydrogens (tertiary/aromatic N) is 1. The summed E-state index contributed by atoms with van der Waals surface area (Å²) < 4.78 is 34.2. The zero-order valence-electron chi connectivity index (χ0n) is 7.01. The first-order chi connectivity index (χ1) is 6.59. The SMILES string of the molecule is O=S(=O)(F)c1nccc2ccccc12. The number of benzene rings is 1. The Labute approximate surface area is 80.4 Å². The van der Waals surface area contributed by atoms with Crippen molar-refractivity contribution in [1.82, 2.24) is 4.98 Å². The minimum atomic E-state index is -4.74. The van der Waals surface area contributed by atoms with E-state index >= 15 is 0 Å². The summed E-state index contributed by atoms with van der Waals surface area (Å²) in [5.74, 6) is 0. The molecule has 0 aliphatic rings. The van der Waals surface area contributed by atoms with Gasteiger partial charge >= 0.3 is 10.2 Å². The predicted octanol–water partition coefficient (Wildman–Crippen LogP) is 1.89. The Morgan fingerprint density at radius 3 is 2.57 bits per heavy atom. The lowest BCUT2D eigenvalue weighted by Gasteiger charge is -1.99. The van der Waals surface area contributed by atoms with E-state index in [0.717, 1.165) is 0 Å². The number of fused-ring (bicyclic) bond motifs is 1. The molecular weight excluding hydrogens is 205 g/mol. The van der Waals surface area contributed by atoms with Gasteiger partial charge in [0.1, 0.15) is 0 Å². The summed E-state index contributed by atoms with van der Waals surface area (Å²) in [5.41, 5.74) is 0. The zero-order valence-corrected chi connectivity index (χ0v) is 7.83. The van der Waals surface area contributed by atoms with Crippen LogP contribution >= 0.6 is 0 Å². The summed E-state index contributed by atoms with van der Waals surface area (Å²) in [6, 6.07) is 8.24. The average molecular weight is 211 g/mol. The Bertz CT molecular complexity index is 575. The van der Waals surface area contributed by atoms with Crippen molar-refractivity contribution in [3.8, 4) is 0 Å². The van der Waals surface area contributed by atoms with E-state index in [-0.39, 0.29) is 0 Å². The van der Waals surface area contributed by atoms with E-state index < -0.39 is 15.2 Å². The van der Waals surface area contributed by atoms with Crippen LogP contribution in [0.3, 0.4) is 0 Å². The highest BCUT2D eigenvalue weighted by atomic mass is 32.3. The third kappa shape index (κ3) is 1.46. The third-order valence-corrected chi connectivity index (χ3v) is 2.66. The molecule has 0 aliphatic carbocycles. The highest BCUT2D eigenvalue weighted by Crippen LogP contribution is 2.21. The maximum absolute atomic E-state index is 12.8. The van der Waals surface area contributed by atoms with Gasteiger partial charge in [0.2, 0.25) is 0 Å². The maximum atomic E-state index is 12.8. The number of hydrogen-bond donors (Lipinski definition) is 0. The second-order valence-corrected chi connectivity index (χ2v) is 4.04. The fourth-order valence-electron chi connectivity index (χ4n) is 1.29. The van der Waals surface area contributed by atoms with E-state index in [1.165, 1.54) is 12.3 Å². The summed E-state index contributed by atoms with van der Waals surface area (Å²) in [6.45, 7) is 0. The molecule has 2 rings (SSSR count). The quantitative estimate of drug-likeness (QED) is 0.677. The van der Waals surface area contributed by atoms with Gasteiger partial charge < -0.3 is 0 Å².